The van der Waals surface area contributed by atoms with Crippen LogP contribution in [-0.2, 0) is 6.54 Å². The number of aliphatic hydroxyl groups excluding tert-OH is 1. The molecule has 0 fully saturated rings. The summed E-state index contributed by atoms with van der Waals surface area (Å²) in [6, 6.07) is 5.87. The molecule has 3 nitrogen and oxygen atoms in total. The molecule has 1 heterocycles. The molecule has 0 bridgehead atoms. The molecule has 3 heteroatoms. The zero-order chi connectivity index (χ0) is 11.1. The zero-order valence-electron chi connectivity index (χ0n) is 9.53. The summed E-state index contributed by atoms with van der Waals surface area (Å²) in [5, 5.41) is 12.8. The fourth-order valence-electron chi connectivity index (χ4n) is 1.56. The molecule has 1 rings (SSSR count). The van der Waals surface area contributed by atoms with E-state index >= 15 is 0 Å². The SMILES string of the molecule is CCC(CC)(CO)NCc1ccccn1. The molecule has 0 unspecified atom stereocenters. The zero-order valence-corrected chi connectivity index (χ0v) is 9.53. The van der Waals surface area contributed by atoms with E-state index in [1.165, 1.54) is 0 Å². The number of nitrogens with zero attached hydrogens (tertiary/aromatic N) is 1. The molecule has 0 aliphatic heterocycles. The molecule has 0 saturated heterocycles. The van der Waals surface area contributed by atoms with Crippen molar-refractivity contribution in [1.29, 1.82) is 0 Å². The normalized spacial score (nSPS) is 11.7. The van der Waals surface area contributed by atoms with Crippen LogP contribution in [0.4, 0.5) is 0 Å². The predicted octanol–water partition coefficient (Wildman–Crippen LogP) is 1.72. The summed E-state index contributed by atoms with van der Waals surface area (Å²) in [4.78, 5) is 4.24. The summed E-state index contributed by atoms with van der Waals surface area (Å²) in [5.41, 5.74) is 0.856. The van der Waals surface area contributed by atoms with E-state index in [4.69, 9.17) is 0 Å². The molecule has 0 aromatic carbocycles. The molecule has 0 saturated carbocycles. The quantitative estimate of drug-likeness (QED) is 0.748. The lowest BCUT2D eigenvalue weighted by Gasteiger charge is -2.30. The Balaban J connectivity index is 2.54. The van der Waals surface area contributed by atoms with Gasteiger partial charge in [-0.05, 0) is 25.0 Å². The molecule has 0 aliphatic carbocycles. The molecule has 0 aliphatic rings. The smallest absolute Gasteiger partial charge is 0.0613 e. The van der Waals surface area contributed by atoms with Gasteiger partial charge in [-0.2, -0.15) is 0 Å². The van der Waals surface area contributed by atoms with Gasteiger partial charge in [0.05, 0.1) is 12.3 Å². The van der Waals surface area contributed by atoms with E-state index in [0.717, 1.165) is 18.5 Å². The minimum atomic E-state index is -0.155. The third kappa shape index (κ3) is 3.29. The van der Waals surface area contributed by atoms with Crippen LogP contribution in [0, 0.1) is 0 Å². The Bertz CT molecular complexity index is 262. The number of aliphatic hydroxyl groups is 1. The maximum absolute atomic E-state index is 9.37. The summed E-state index contributed by atoms with van der Waals surface area (Å²) >= 11 is 0. The molecular weight excluding hydrogens is 188 g/mol. The number of rotatable bonds is 6. The summed E-state index contributed by atoms with van der Waals surface area (Å²) < 4.78 is 0. The Hall–Kier alpha value is -0.930. The van der Waals surface area contributed by atoms with Gasteiger partial charge in [0.2, 0.25) is 0 Å². The molecule has 1 aromatic heterocycles. The molecule has 0 radical (unpaired) electrons. The maximum Gasteiger partial charge on any atom is 0.0613 e. The van der Waals surface area contributed by atoms with Gasteiger partial charge < -0.3 is 10.4 Å². The van der Waals surface area contributed by atoms with Gasteiger partial charge in [-0.25, -0.2) is 0 Å². The van der Waals surface area contributed by atoms with Crippen molar-refractivity contribution in [3.8, 4) is 0 Å². The van der Waals surface area contributed by atoms with Crippen molar-refractivity contribution in [3.05, 3.63) is 30.1 Å². The molecule has 0 atom stereocenters. The third-order valence-electron chi connectivity index (χ3n) is 3.03. The van der Waals surface area contributed by atoms with E-state index in [9.17, 15) is 5.11 Å². The summed E-state index contributed by atoms with van der Waals surface area (Å²) in [7, 11) is 0. The van der Waals surface area contributed by atoms with E-state index in [1.807, 2.05) is 18.2 Å². The van der Waals surface area contributed by atoms with Crippen LogP contribution < -0.4 is 5.32 Å². The standard InChI is InChI=1S/C12H20N2O/c1-3-12(4-2,10-15)14-9-11-7-5-6-8-13-11/h5-8,14-15H,3-4,9-10H2,1-2H3. The minimum Gasteiger partial charge on any atom is -0.394 e. The van der Waals surface area contributed by atoms with Gasteiger partial charge in [-0.1, -0.05) is 19.9 Å². The minimum absolute atomic E-state index is 0.155. The topological polar surface area (TPSA) is 45.1 Å². The van der Waals surface area contributed by atoms with Crippen LogP contribution in [0.15, 0.2) is 24.4 Å². The first kappa shape index (κ1) is 12.1. The lowest BCUT2D eigenvalue weighted by molar-refractivity contribution is 0.149. The van der Waals surface area contributed by atoms with Gasteiger partial charge in [0.15, 0.2) is 0 Å². The highest BCUT2D eigenvalue weighted by atomic mass is 16.3. The molecule has 15 heavy (non-hydrogen) atoms. The number of aromatic nitrogens is 1. The van der Waals surface area contributed by atoms with Crippen molar-refractivity contribution in [2.45, 2.75) is 38.8 Å². The van der Waals surface area contributed by atoms with Gasteiger partial charge in [-0.15, -0.1) is 0 Å². The first-order chi connectivity index (χ1) is 7.26. The highest BCUT2D eigenvalue weighted by molar-refractivity contribution is 5.04. The van der Waals surface area contributed by atoms with Crippen LogP contribution in [0.3, 0.4) is 0 Å². The third-order valence-corrected chi connectivity index (χ3v) is 3.03. The monoisotopic (exact) mass is 208 g/mol. The number of hydrogen-bond acceptors (Lipinski definition) is 3. The average Bonchev–Trinajstić information content (AvgIpc) is 2.33. The van der Waals surface area contributed by atoms with Crippen molar-refractivity contribution in [1.82, 2.24) is 10.3 Å². The predicted molar refractivity (Wildman–Crippen MR) is 61.5 cm³/mol. The van der Waals surface area contributed by atoms with Crippen molar-refractivity contribution >= 4 is 0 Å². The summed E-state index contributed by atoms with van der Waals surface area (Å²) in [6.07, 6.45) is 3.63. The molecule has 0 amide bonds. The Labute approximate surface area is 91.5 Å². The van der Waals surface area contributed by atoms with Gasteiger partial charge in [0.1, 0.15) is 0 Å². The Kier molecular flexibility index (Phi) is 4.72. The van der Waals surface area contributed by atoms with Gasteiger partial charge in [0.25, 0.3) is 0 Å². The van der Waals surface area contributed by atoms with Crippen molar-refractivity contribution in [2.24, 2.45) is 0 Å². The van der Waals surface area contributed by atoms with Crippen LogP contribution >= 0.6 is 0 Å². The second kappa shape index (κ2) is 5.83. The Morgan fingerprint density at radius 3 is 2.53 bits per heavy atom. The highest BCUT2D eigenvalue weighted by Gasteiger charge is 2.23. The van der Waals surface area contributed by atoms with E-state index < -0.39 is 0 Å². The fourth-order valence-corrected chi connectivity index (χ4v) is 1.56. The van der Waals surface area contributed by atoms with Crippen molar-refractivity contribution in [3.63, 3.8) is 0 Å². The number of pyridine rings is 1. The van der Waals surface area contributed by atoms with Crippen LogP contribution in [0.1, 0.15) is 32.4 Å². The van der Waals surface area contributed by atoms with E-state index in [0.29, 0.717) is 6.54 Å². The second-order valence-electron chi connectivity index (χ2n) is 3.82. The Morgan fingerprint density at radius 2 is 2.07 bits per heavy atom. The number of hydrogen-bond donors (Lipinski definition) is 2. The van der Waals surface area contributed by atoms with Crippen LogP contribution in [0.2, 0.25) is 0 Å². The molecular formula is C12H20N2O. The molecule has 2 N–H and O–H groups in total. The van der Waals surface area contributed by atoms with Crippen LogP contribution in [0.5, 0.6) is 0 Å². The number of nitrogens with one attached hydrogen (secondary N) is 1. The van der Waals surface area contributed by atoms with Crippen molar-refractivity contribution < 1.29 is 5.11 Å². The van der Waals surface area contributed by atoms with Crippen molar-refractivity contribution in [2.75, 3.05) is 6.61 Å². The van der Waals surface area contributed by atoms with Gasteiger partial charge in [0, 0.05) is 18.3 Å². The lowest BCUT2D eigenvalue weighted by atomic mass is 9.94. The fraction of sp³-hybridized carbons (Fsp3) is 0.583. The summed E-state index contributed by atoms with van der Waals surface area (Å²) in [5.74, 6) is 0. The van der Waals surface area contributed by atoms with E-state index in [1.54, 1.807) is 6.20 Å². The largest absolute Gasteiger partial charge is 0.394 e. The highest BCUT2D eigenvalue weighted by Crippen LogP contribution is 2.14. The summed E-state index contributed by atoms with van der Waals surface area (Å²) in [6.45, 7) is 5.06. The van der Waals surface area contributed by atoms with E-state index in [-0.39, 0.29) is 12.1 Å². The Morgan fingerprint density at radius 1 is 1.33 bits per heavy atom. The van der Waals surface area contributed by atoms with Crippen LogP contribution in [0.25, 0.3) is 0 Å². The first-order valence-corrected chi connectivity index (χ1v) is 5.52. The molecule has 84 valence electrons. The second-order valence-corrected chi connectivity index (χ2v) is 3.82. The average molecular weight is 208 g/mol. The van der Waals surface area contributed by atoms with Crippen LogP contribution in [-0.4, -0.2) is 22.2 Å². The van der Waals surface area contributed by atoms with Gasteiger partial charge in [-0.3, -0.25) is 4.98 Å². The van der Waals surface area contributed by atoms with Gasteiger partial charge >= 0.3 is 0 Å². The molecule has 1 aromatic rings. The maximum atomic E-state index is 9.37. The van der Waals surface area contributed by atoms with E-state index in [2.05, 4.69) is 24.1 Å². The molecule has 0 spiro atoms. The lowest BCUT2D eigenvalue weighted by Crippen LogP contribution is -2.47. The first-order valence-electron chi connectivity index (χ1n) is 5.52.